The molecule has 1 amide bonds. The predicted octanol–water partition coefficient (Wildman–Crippen LogP) is 3.04. The minimum Gasteiger partial charge on any atom is -0.532 e. The van der Waals surface area contributed by atoms with E-state index in [2.05, 4.69) is 16.5 Å². The summed E-state index contributed by atoms with van der Waals surface area (Å²) in [5, 5.41) is 27.1. The number of nitrogens with zero attached hydrogens (tertiary/aromatic N) is 3. The molecule has 1 fully saturated rings. The van der Waals surface area contributed by atoms with Gasteiger partial charge < -0.3 is 20.7 Å². The summed E-state index contributed by atoms with van der Waals surface area (Å²) in [6.07, 6.45) is 4.26. The summed E-state index contributed by atoms with van der Waals surface area (Å²) in [6, 6.07) is 7.76. The van der Waals surface area contributed by atoms with Gasteiger partial charge in [0.05, 0.1) is 18.0 Å². The van der Waals surface area contributed by atoms with Crippen LogP contribution in [0.5, 0.6) is 5.75 Å². The van der Waals surface area contributed by atoms with E-state index < -0.39 is 13.0 Å². The summed E-state index contributed by atoms with van der Waals surface area (Å²) >= 11 is 0. The third kappa shape index (κ3) is 3.66. The Kier molecular flexibility index (Phi) is 5.26. The molecule has 2 heterocycles. The minimum absolute atomic E-state index is 0.0578. The number of amides is 1. The molecule has 2 atom stereocenters. The number of nitrogens with two attached hydrogens (primary N) is 1. The molecule has 1 aliphatic heterocycles. The van der Waals surface area contributed by atoms with Gasteiger partial charge in [-0.15, -0.1) is 0 Å². The van der Waals surface area contributed by atoms with Crippen molar-refractivity contribution in [3.8, 4) is 11.8 Å². The quantitative estimate of drug-likeness (QED) is 0.657. The Bertz CT molecular complexity index is 1060. The number of hydrogen-bond donors (Lipinski definition) is 3. The van der Waals surface area contributed by atoms with E-state index in [0.717, 1.165) is 36.1 Å². The average molecular weight is 405 g/mol. The van der Waals surface area contributed by atoms with Crippen molar-refractivity contribution in [1.82, 2.24) is 9.78 Å². The topological polar surface area (TPSA) is 126 Å². The van der Waals surface area contributed by atoms with Crippen LogP contribution in [0.1, 0.15) is 55.1 Å². The van der Waals surface area contributed by atoms with Crippen molar-refractivity contribution < 1.29 is 14.5 Å². The molecule has 1 saturated carbocycles. The number of allylic oxidation sites excluding steroid dienone is 1. The van der Waals surface area contributed by atoms with Gasteiger partial charge >= 0.3 is 7.12 Å². The van der Waals surface area contributed by atoms with E-state index in [1.54, 1.807) is 29.0 Å². The summed E-state index contributed by atoms with van der Waals surface area (Å²) < 4.78 is 7.20. The van der Waals surface area contributed by atoms with E-state index in [1.807, 2.05) is 19.9 Å². The van der Waals surface area contributed by atoms with Gasteiger partial charge in [-0.2, -0.15) is 10.4 Å². The van der Waals surface area contributed by atoms with Crippen LogP contribution in [-0.4, -0.2) is 27.8 Å². The lowest BCUT2D eigenvalue weighted by Crippen LogP contribution is -2.24. The first-order chi connectivity index (χ1) is 14.4. The fraction of sp³-hybridized carbons (Fsp3) is 0.381. The molecule has 154 valence electrons. The number of nitrogens with one attached hydrogen (secondary N) is 1. The van der Waals surface area contributed by atoms with Crippen molar-refractivity contribution in [2.75, 3.05) is 5.32 Å². The largest absolute Gasteiger partial charge is 0.552 e. The van der Waals surface area contributed by atoms with Crippen molar-refractivity contribution in [2.24, 2.45) is 17.6 Å². The molecular weight excluding hydrogens is 381 g/mol. The highest BCUT2D eigenvalue weighted by molar-refractivity contribution is 6.52. The van der Waals surface area contributed by atoms with Gasteiger partial charge in [-0.25, -0.2) is 0 Å². The third-order valence-electron chi connectivity index (χ3n) is 5.73. The number of rotatable bonds is 5. The third-order valence-corrected chi connectivity index (χ3v) is 5.73. The van der Waals surface area contributed by atoms with Gasteiger partial charge in [-0.3, -0.25) is 9.48 Å². The number of aromatic nitrogens is 2. The highest BCUT2D eigenvalue weighted by atomic mass is 16.5. The van der Waals surface area contributed by atoms with Gasteiger partial charge in [-0.05, 0) is 54.9 Å². The molecule has 30 heavy (non-hydrogen) atoms. The zero-order chi connectivity index (χ0) is 21.4. The maximum absolute atomic E-state index is 12.0. The van der Waals surface area contributed by atoms with E-state index in [0.29, 0.717) is 11.6 Å². The molecule has 1 aliphatic carbocycles. The van der Waals surface area contributed by atoms with Crippen LogP contribution in [0.15, 0.2) is 30.4 Å². The molecule has 2 aromatic rings. The molecule has 0 unspecified atom stereocenters. The Morgan fingerprint density at radius 3 is 2.97 bits per heavy atom. The van der Waals surface area contributed by atoms with Crippen LogP contribution in [0.2, 0.25) is 0 Å². The summed E-state index contributed by atoms with van der Waals surface area (Å²) in [5.41, 5.74) is 8.44. The van der Waals surface area contributed by atoms with Crippen molar-refractivity contribution >= 4 is 30.1 Å². The van der Waals surface area contributed by atoms with E-state index >= 15 is 0 Å². The van der Waals surface area contributed by atoms with E-state index in [4.69, 9.17) is 10.4 Å². The number of fused-ring (bicyclic) bond motifs is 1. The molecule has 0 radical (unpaired) electrons. The zero-order valence-electron chi connectivity index (χ0n) is 17.0. The Morgan fingerprint density at radius 1 is 1.47 bits per heavy atom. The van der Waals surface area contributed by atoms with Gasteiger partial charge in [0.2, 0.25) is 0 Å². The molecule has 8 nitrogen and oxygen atoms in total. The molecular formula is C21H24BN5O3. The summed E-state index contributed by atoms with van der Waals surface area (Å²) in [5.74, 6) is 2.15. The van der Waals surface area contributed by atoms with E-state index in [-0.39, 0.29) is 23.4 Å². The first-order valence-corrected chi connectivity index (χ1v) is 10.1. The summed E-state index contributed by atoms with van der Waals surface area (Å²) in [6.45, 7) is 4.10. The molecule has 1 aromatic heterocycles. The average Bonchev–Trinajstić information content (AvgIpc) is 3.34. The maximum Gasteiger partial charge on any atom is 0.552 e. The number of nitriles is 1. The first-order valence-electron chi connectivity index (χ1n) is 10.1. The SMILES string of the molecule is CC(C)C1=CB(O)Oc2ccc(Nc3nn([C@H]4CCC[C@@H]4C#N)cc3C(N)=O)cc21. The number of benzene rings is 1. The highest BCUT2D eigenvalue weighted by Gasteiger charge is 2.31. The second kappa shape index (κ2) is 7.88. The first kappa shape index (κ1) is 20.0. The zero-order valence-corrected chi connectivity index (χ0v) is 17.0. The summed E-state index contributed by atoms with van der Waals surface area (Å²) in [4.78, 5) is 12.0. The lowest BCUT2D eigenvalue weighted by atomic mass is 9.78. The smallest absolute Gasteiger partial charge is 0.532 e. The van der Waals surface area contributed by atoms with Crippen molar-refractivity contribution in [3.05, 3.63) is 41.5 Å². The second-order valence-corrected chi connectivity index (χ2v) is 8.09. The molecule has 1 aromatic carbocycles. The predicted molar refractivity (Wildman–Crippen MR) is 114 cm³/mol. The van der Waals surface area contributed by atoms with Crippen LogP contribution >= 0.6 is 0 Å². The van der Waals surface area contributed by atoms with Gasteiger partial charge in [0.15, 0.2) is 5.82 Å². The minimum atomic E-state index is -0.967. The van der Waals surface area contributed by atoms with Gasteiger partial charge in [-0.1, -0.05) is 13.8 Å². The van der Waals surface area contributed by atoms with Crippen LogP contribution < -0.4 is 15.7 Å². The Labute approximate surface area is 175 Å². The highest BCUT2D eigenvalue weighted by Crippen LogP contribution is 2.38. The monoisotopic (exact) mass is 405 g/mol. The lowest BCUT2D eigenvalue weighted by Gasteiger charge is -2.23. The fourth-order valence-electron chi connectivity index (χ4n) is 4.23. The van der Waals surface area contributed by atoms with Crippen molar-refractivity contribution in [1.29, 1.82) is 5.26 Å². The molecule has 0 saturated heterocycles. The molecule has 9 heteroatoms. The Balaban J connectivity index is 1.67. The van der Waals surface area contributed by atoms with Crippen LogP contribution in [0.4, 0.5) is 11.5 Å². The van der Waals surface area contributed by atoms with Crippen molar-refractivity contribution in [2.45, 2.75) is 39.2 Å². The number of carbonyl (C=O) groups excluding carboxylic acids is 1. The normalized spacial score (nSPS) is 20.4. The maximum atomic E-state index is 12.0. The van der Waals surface area contributed by atoms with Crippen LogP contribution in [0.3, 0.4) is 0 Å². The number of hydrogen-bond acceptors (Lipinski definition) is 6. The number of primary amides is 1. The number of anilines is 2. The van der Waals surface area contributed by atoms with Crippen LogP contribution in [0.25, 0.3) is 5.57 Å². The lowest BCUT2D eigenvalue weighted by molar-refractivity contribution is 0.100. The molecule has 0 spiro atoms. The van der Waals surface area contributed by atoms with E-state index in [9.17, 15) is 15.1 Å². The molecule has 2 aliphatic rings. The van der Waals surface area contributed by atoms with Crippen LogP contribution in [0, 0.1) is 23.2 Å². The van der Waals surface area contributed by atoms with E-state index in [1.165, 1.54) is 0 Å². The van der Waals surface area contributed by atoms with Crippen molar-refractivity contribution in [3.63, 3.8) is 0 Å². The van der Waals surface area contributed by atoms with Gasteiger partial charge in [0.1, 0.15) is 11.3 Å². The standard InChI is InChI=1S/C21H24BN5O3/c1-12(2)16-9-22(29)30-19-7-6-14(8-15(16)19)25-21-17(20(24)28)11-27(26-21)18-5-3-4-13(18)10-23/h6-9,11-13,18,29H,3-5H2,1-2H3,(H2,24,28)(H,25,26)/t13-,18+/m1/s1. The molecule has 4 rings (SSSR count). The Morgan fingerprint density at radius 2 is 2.27 bits per heavy atom. The van der Waals surface area contributed by atoms with Gasteiger partial charge in [0.25, 0.3) is 5.91 Å². The molecule has 0 bridgehead atoms. The second-order valence-electron chi connectivity index (χ2n) is 8.09. The Hall–Kier alpha value is -3.25. The fourth-order valence-corrected chi connectivity index (χ4v) is 4.23. The van der Waals surface area contributed by atoms with Crippen LogP contribution in [-0.2, 0) is 0 Å². The van der Waals surface area contributed by atoms with Gasteiger partial charge in [0, 0.05) is 17.4 Å². The number of carbonyl (C=O) groups is 1. The molecule has 4 N–H and O–H groups in total. The summed E-state index contributed by atoms with van der Waals surface area (Å²) in [7, 11) is -0.967.